The molecule has 9 atom stereocenters. The molecular formula is C38H56N8O11. The van der Waals surface area contributed by atoms with Crippen LogP contribution in [0.25, 0.3) is 0 Å². The lowest BCUT2D eigenvalue weighted by molar-refractivity contribution is -0.144. The molecule has 0 bridgehead atoms. The summed E-state index contributed by atoms with van der Waals surface area (Å²) in [5.41, 5.74) is 11.8. The number of hydrogen-bond donors (Lipinski definition) is 10. The molecule has 0 radical (unpaired) electrons. The summed E-state index contributed by atoms with van der Waals surface area (Å²) in [6, 6.07) is -4.73. The van der Waals surface area contributed by atoms with E-state index >= 15 is 0 Å². The number of carboxylic acids is 2. The van der Waals surface area contributed by atoms with Gasteiger partial charge in [-0.05, 0) is 86.7 Å². The van der Waals surface area contributed by atoms with Gasteiger partial charge in [0.05, 0.1) is 19.6 Å². The van der Waals surface area contributed by atoms with Gasteiger partial charge in [-0.3, -0.25) is 38.6 Å². The molecule has 0 saturated heterocycles. The van der Waals surface area contributed by atoms with Gasteiger partial charge in [-0.25, -0.2) is 4.79 Å². The topological polar surface area (TPSA) is 322 Å². The first kappa shape index (κ1) is 44.4. The third-order valence-corrected chi connectivity index (χ3v) is 12.3. The van der Waals surface area contributed by atoms with Crippen molar-refractivity contribution >= 4 is 53.2 Å². The Morgan fingerprint density at radius 2 is 1.58 bits per heavy atom. The second kappa shape index (κ2) is 19.2. The van der Waals surface area contributed by atoms with E-state index in [2.05, 4.69) is 46.2 Å². The van der Waals surface area contributed by atoms with Crippen LogP contribution in [-0.4, -0.2) is 112 Å². The summed E-state index contributed by atoms with van der Waals surface area (Å²) in [6.07, 6.45) is 10.3. The van der Waals surface area contributed by atoms with Crippen molar-refractivity contribution in [2.24, 2.45) is 45.0 Å². The number of carbonyl (C=O) groups is 8. The van der Waals surface area contributed by atoms with E-state index < -0.39 is 73.3 Å². The Morgan fingerprint density at radius 1 is 0.877 bits per heavy atom. The summed E-state index contributed by atoms with van der Waals surface area (Å²) in [5, 5.41) is 39.6. The van der Waals surface area contributed by atoms with Crippen LogP contribution in [0.15, 0.2) is 28.8 Å². The highest BCUT2D eigenvalue weighted by atomic mass is 16.4. The lowest BCUT2D eigenvalue weighted by Gasteiger charge is -2.57. The van der Waals surface area contributed by atoms with Crippen LogP contribution in [0, 0.1) is 28.6 Å². The van der Waals surface area contributed by atoms with E-state index in [1.807, 2.05) is 11.4 Å². The van der Waals surface area contributed by atoms with Crippen LogP contribution in [0.1, 0.15) is 84.5 Å². The highest BCUT2D eigenvalue weighted by Crippen LogP contribution is 2.64. The van der Waals surface area contributed by atoms with Crippen LogP contribution in [0.5, 0.6) is 0 Å². The Morgan fingerprint density at radius 3 is 2.25 bits per heavy atom. The van der Waals surface area contributed by atoms with Gasteiger partial charge in [0.1, 0.15) is 18.1 Å². The number of carbonyl (C=O) groups excluding carboxylic acids is 6. The minimum Gasteiger partial charge on any atom is -0.481 e. The molecule has 0 spiro atoms. The van der Waals surface area contributed by atoms with Crippen molar-refractivity contribution in [1.82, 2.24) is 26.6 Å². The lowest BCUT2D eigenvalue weighted by Crippen LogP contribution is -2.55. The molecule has 4 aliphatic rings. The first-order valence-corrected chi connectivity index (χ1v) is 19.4. The van der Waals surface area contributed by atoms with Gasteiger partial charge in [0.2, 0.25) is 29.5 Å². The molecule has 12 N–H and O–H groups in total. The summed E-state index contributed by atoms with van der Waals surface area (Å²) < 4.78 is 0. The van der Waals surface area contributed by atoms with Crippen molar-refractivity contribution in [3.8, 4) is 0 Å². The van der Waals surface area contributed by atoms with E-state index in [1.54, 1.807) is 6.08 Å². The smallest absolute Gasteiger partial charge is 0.328 e. The van der Waals surface area contributed by atoms with E-state index in [1.165, 1.54) is 5.57 Å². The Bertz CT molecular complexity index is 1690. The number of aliphatic carboxylic acids is 2. The van der Waals surface area contributed by atoms with E-state index in [-0.39, 0.29) is 66.7 Å². The molecule has 0 aromatic heterocycles. The summed E-state index contributed by atoms with van der Waals surface area (Å²) in [6.45, 7) is 2.89. The number of nitrogens with two attached hydrogens (primary N) is 2. The van der Waals surface area contributed by atoms with Gasteiger partial charge >= 0.3 is 11.9 Å². The van der Waals surface area contributed by atoms with Crippen molar-refractivity contribution in [2.45, 2.75) is 109 Å². The average Bonchev–Trinajstić information content (AvgIpc) is 3.48. The van der Waals surface area contributed by atoms with Gasteiger partial charge < -0.3 is 53.4 Å². The summed E-state index contributed by atoms with van der Waals surface area (Å²) in [4.78, 5) is 103. The fourth-order valence-electron chi connectivity index (χ4n) is 9.34. The van der Waals surface area contributed by atoms with E-state index in [0.29, 0.717) is 17.8 Å². The largest absolute Gasteiger partial charge is 0.481 e. The van der Waals surface area contributed by atoms with Crippen LogP contribution in [0.3, 0.4) is 0 Å². The molecule has 0 heterocycles. The van der Waals surface area contributed by atoms with Crippen molar-refractivity contribution in [3.05, 3.63) is 23.8 Å². The van der Waals surface area contributed by atoms with Crippen molar-refractivity contribution in [1.29, 1.82) is 0 Å². The fourth-order valence-corrected chi connectivity index (χ4v) is 9.34. The van der Waals surface area contributed by atoms with Gasteiger partial charge in [0.25, 0.3) is 0 Å². The number of hydrogen-bond acceptors (Lipinski definition) is 10. The first-order chi connectivity index (χ1) is 26.9. The van der Waals surface area contributed by atoms with Gasteiger partial charge in [0, 0.05) is 30.8 Å². The van der Waals surface area contributed by atoms with Gasteiger partial charge in [-0.2, -0.15) is 0 Å². The number of guanidine groups is 1. The van der Waals surface area contributed by atoms with Crippen LogP contribution >= 0.6 is 0 Å². The molecule has 19 nitrogen and oxygen atoms in total. The number of nitrogens with zero attached hydrogens (tertiary/aromatic N) is 1. The quantitative estimate of drug-likeness (QED) is 0.0415. The number of aliphatic hydroxyl groups excluding tert-OH is 1. The minimum atomic E-state index is -1.75. The molecule has 19 heteroatoms. The van der Waals surface area contributed by atoms with Crippen LogP contribution in [-0.2, 0) is 38.4 Å². The monoisotopic (exact) mass is 800 g/mol. The number of amides is 5. The lowest BCUT2D eigenvalue weighted by atomic mass is 9.48. The molecule has 3 saturated carbocycles. The maximum Gasteiger partial charge on any atom is 0.328 e. The van der Waals surface area contributed by atoms with E-state index in [9.17, 15) is 43.5 Å². The maximum atomic E-state index is 13.2. The summed E-state index contributed by atoms with van der Waals surface area (Å²) >= 11 is 0. The van der Waals surface area contributed by atoms with Crippen LogP contribution in [0.2, 0.25) is 0 Å². The zero-order valence-electron chi connectivity index (χ0n) is 32.4. The second-order valence-corrected chi connectivity index (χ2v) is 15.9. The molecule has 0 aliphatic heterocycles. The van der Waals surface area contributed by atoms with Crippen LogP contribution < -0.4 is 38.1 Å². The van der Waals surface area contributed by atoms with Crippen molar-refractivity contribution < 1.29 is 53.7 Å². The zero-order chi connectivity index (χ0) is 42.1. The second-order valence-electron chi connectivity index (χ2n) is 15.9. The molecule has 314 valence electrons. The molecule has 4 rings (SSSR count). The maximum absolute atomic E-state index is 13.2. The van der Waals surface area contributed by atoms with Gasteiger partial charge in [-0.1, -0.05) is 25.5 Å². The number of rotatable bonds is 19. The number of carboxylic acid groups (broad SMARTS) is 2. The number of fused-ring (bicyclic) bond motifs is 5. The number of aliphatic imine (C=N–C) groups is 1. The highest BCUT2D eigenvalue weighted by molar-refractivity contribution is 6.01. The third-order valence-electron chi connectivity index (χ3n) is 12.3. The van der Waals surface area contributed by atoms with Crippen molar-refractivity contribution in [3.63, 3.8) is 0 Å². The third kappa shape index (κ3) is 11.2. The van der Waals surface area contributed by atoms with E-state index in [4.69, 9.17) is 21.7 Å². The minimum absolute atomic E-state index is 0.0381. The number of ketones is 1. The first-order valence-electron chi connectivity index (χ1n) is 19.4. The molecule has 57 heavy (non-hydrogen) atoms. The Kier molecular flexibility index (Phi) is 15.0. The summed E-state index contributed by atoms with van der Waals surface area (Å²) in [7, 11) is 0. The predicted octanol–water partition coefficient (Wildman–Crippen LogP) is -1.26. The van der Waals surface area contributed by atoms with Gasteiger partial charge in [0.15, 0.2) is 11.7 Å². The molecule has 0 aromatic rings. The Hall–Kier alpha value is -5.33. The Balaban J connectivity index is 1.30. The highest BCUT2D eigenvalue weighted by Gasteiger charge is 2.58. The SMILES string of the molecule is C[C@]12CC[C@H]3[C@@H](CCC4=CC(=O)C=C[C@@]43C)[C@@H]1CC[C@@H]2NC(=O)CCC(=O)N[C@@H](CCCN=C(N)N)C(=O)NCC(=O)N[C@@H](CC(=O)O)C(=O)N[C@@H](CO)C(=O)O. The normalized spacial score (nSPS) is 27.4. The number of aliphatic hydroxyl groups is 1. The molecule has 5 amide bonds. The number of nitrogens with one attached hydrogen (secondary N) is 5. The average molecular weight is 801 g/mol. The molecule has 4 aliphatic carbocycles. The summed E-state index contributed by atoms with van der Waals surface area (Å²) in [5.74, 6) is -5.74. The molecule has 0 unspecified atom stereocenters. The van der Waals surface area contributed by atoms with Crippen LogP contribution in [0.4, 0.5) is 0 Å². The Labute approximate surface area is 330 Å². The number of allylic oxidation sites excluding steroid dienone is 4. The van der Waals surface area contributed by atoms with Gasteiger partial charge in [-0.15, -0.1) is 0 Å². The molecule has 0 aromatic carbocycles. The van der Waals surface area contributed by atoms with E-state index in [0.717, 1.165) is 38.5 Å². The zero-order valence-corrected chi connectivity index (χ0v) is 32.4. The fraction of sp³-hybridized carbons (Fsp3) is 0.658. The predicted molar refractivity (Wildman–Crippen MR) is 203 cm³/mol. The standard InChI is InChI=1S/C38H56N8O11/c1-37-13-11-21(48)16-20(37)5-6-22-23-7-8-28(38(23,2)14-12-24(22)37)46-30(50)10-9-29(49)43-25(4-3-15-41-36(39)40)33(54)42-18-31(51)44-26(17-32(52)53)34(55)45-27(19-47)35(56)57/h11,13,16,22-28,47H,3-10,12,14-15,17-19H2,1-2H3,(H,42,54)(H,43,49)(H,44,51)(H,45,55)(H,46,50)(H,52,53)(H,56,57)(H4,39,40,41)/t22-,23-,24-,25-,26-,27-,28-,37-,38-/m0/s1. The molecule has 3 fully saturated rings. The van der Waals surface area contributed by atoms with Crippen molar-refractivity contribution in [2.75, 3.05) is 19.7 Å². The molecular weight excluding hydrogens is 744 g/mol.